The zero-order chi connectivity index (χ0) is 16.0. The third-order valence-corrected chi connectivity index (χ3v) is 4.82. The number of amides is 1. The van der Waals surface area contributed by atoms with Gasteiger partial charge in [-0.1, -0.05) is 45.2 Å². The molecule has 122 valence electrons. The predicted molar refractivity (Wildman–Crippen MR) is 90.0 cm³/mol. The molecule has 3 nitrogen and oxygen atoms in total. The number of nitrogens with one attached hydrogen (secondary N) is 1. The van der Waals surface area contributed by atoms with Crippen LogP contribution in [-0.2, 0) is 10.2 Å². The van der Waals surface area contributed by atoms with Crippen LogP contribution < -0.4 is 5.32 Å². The van der Waals surface area contributed by atoms with Gasteiger partial charge in [-0.15, -0.1) is 0 Å². The maximum atomic E-state index is 12.0. The van der Waals surface area contributed by atoms with Crippen LogP contribution in [0, 0.1) is 0 Å². The number of carbonyl (C=O) groups excluding carboxylic acids is 1. The summed E-state index contributed by atoms with van der Waals surface area (Å²) in [6.07, 6.45) is 8.57. The molecular formula is C19H29NO2. The monoisotopic (exact) mass is 303 g/mol. The van der Waals surface area contributed by atoms with Gasteiger partial charge in [0.15, 0.2) is 0 Å². The Bertz CT molecular complexity index is 473. The number of rotatable bonds is 6. The van der Waals surface area contributed by atoms with E-state index in [0.717, 1.165) is 25.7 Å². The van der Waals surface area contributed by atoms with Crippen LogP contribution in [0.3, 0.4) is 0 Å². The zero-order valence-electron chi connectivity index (χ0n) is 13.9. The molecule has 1 aromatic carbocycles. The Morgan fingerprint density at radius 3 is 2.45 bits per heavy atom. The van der Waals surface area contributed by atoms with Crippen LogP contribution in [0.15, 0.2) is 24.3 Å². The largest absolute Gasteiger partial charge is 0.508 e. The van der Waals surface area contributed by atoms with Crippen molar-refractivity contribution in [1.29, 1.82) is 0 Å². The molecule has 1 amide bonds. The highest BCUT2D eigenvalue weighted by Gasteiger charge is 2.21. The van der Waals surface area contributed by atoms with Gasteiger partial charge in [0.25, 0.3) is 0 Å². The molecule has 2 rings (SSSR count). The first-order valence-corrected chi connectivity index (χ1v) is 8.56. The van der Waals surface area contributed by atoms with E-state index < -0.39 is 0 Å². The van der Waals surface area contributed by atoms with Crippen LogP contribution in [0.25, 0.3) is 0 Å². The average molecular weight is 303 g/mol. The van der Waals surface area contributed by atoms with E-state index >= 15 is 0 Å². The number of phenolic OH excluding ortho intramolecular Hbond substituents is 1. The lowest BCUT2D eigenvalue weighted by atomic mass is 9.80. The normalized spacial score (nSPS) is 16.5. The van der Waals surface area contributed by atoms with Crippen molar-refractivity contribution in [3.8, 4) is 5.75 Å². The van der Waals surface area contributed by atoms with Crippen molar-refractivity contribution in [2.75, 3.05) is 0 Å². The molecule has 0 bridgehead atoms. The molecular weight excluding hydrogens is 274 g/mol. The van der Waals surface area contributed by atoms with Crippen molar-refractivity contribution >= 4 is 5.91 Å². The fraction of sp³-hybridized carbons (Fsp3) is 0.632. The van der Waals surface area contributed by atoms with E-state index in [9.17, 15) is 9.90 Å². The van der Waals surface area contributed by atoms with Gasteiger partial charge in [0.1, 0.15) is 5.75 Å². The molecule has 2 N–H and O–H groups in total. The summed E-state index contributed by atoms with van der Waals surface area (Å²) < 4.78 is 0. The minimum Gasteiger partial charge on any atom is -0.508 e. The van der Waals surface area contributed by atoms with Gasteiger partial charge in [-0.25, -0.2) is 0 Å². The number of hydrogen-bond acceptors (Lipinski definition) is 2. The smallest absolute Gasteiger partial charge is 0.220 e. The molecule has 3 heteroatoms. The molecule has 0 spiro atoms. The fourth-order valence-electron chi connectivity index (χ4n) is 3.29. The maximum absolute atomic E-state index is 12.0. The Labute approximate surface area is 134 Å². The second kappa shape index (κ2) is 7.66. The molecule has 0 atom stereocenters. The summed E-state index contributed by atoms with van der Waals surface area (Å²) in [6, 6.07) is 7.81. The highest BCUT2D eigenvalue weighted by atomic mass is 16.3. The van der Waals surface area contributed by atoms with Crippen molar-refractivity contribution < 1.29 is 9.90 Å². The topological polar surface area (TPSA) is 49.3 Å². The van der Waals surface area contributed by atoms with E-state index in [1.807, 2.05) is 12.1 Å². The van der Waals surface area contributed by atoms with E-state index in [4.69, 9.17) is 0 Å². The lowest BCUT2D eigenvalue weighted by Gasteiger charge is -2.26. The summed E-state index contributed by atoms with van der Waals surface area (Å²) >= 11 is 0. The van der Waals surface area contributed by atoms with E-state index in [1.165, 1.54) is 24.8 Å². The van der Waals surface area contributed by atoms with Gasteiger partial charge in [0, 0.05) is 12.5 Å². The van der Waals surface area contributed by atoms with Crippen molar-refractivity contribution in [3.05, 3.63) is 29.8 Å². The van der Waals surface area contributed by atoms with E-state index in [1.54, 1.807) is 12.1 Å². The number of benzene rings is 1. The molecule has 0 aliphatic heterocycles. The molecule has 1 aliphatic rings. The Morgan fingerprint density at radius 2 is 1.82 bits per heavy atom. The van der Waals surface area contributed by atoms with Crippen molar-refractivity contribution in [2.24, 2.45) is 0 Å². The van der Waals surface area contributed by atoms with Crippen molar-refractivity contribution in [1.82, 2.24) is 5.32 Å². The van der Waals surface area contributed by atoms with Gasteiger partial charge in [-0.05, 0) is 48.8 Å². The van der Waals surface area contributed by atoms with Crippen LogP contribution in [-0.4, -0.2) is 17.1 Å². The number of aromatic hydroxyl groups is 1. The number of phenols is 1. The van der Waals surface area contributed by atoms with Crippen LogP contribution in [0.5, 0.6) is 5.75 Å². The van der Waals surface area contributed by atoms with Crippen LogP contribution in [0.2, 0.25) is 0 Å². The number of carbonyl (C=O) groups is 1. The molecule has 1 saturated carbocycles. The molecule has 0 saturated heterocycles. The van der Waals surface area contributed by atoms with Crippen molar-refractivity contribution in [2.45, 2.75) is 76.7 Å². The second-order valence-corrected chi connectivity index (χ2v) is 7.19. The molecule has 1 fully saturated rings. The first kappa shape index (κ1) is 16.9. The maximum Gasteiger partial charge on any atom is 0.220 e. The summed E-state index contributed by atoms with van der Waals surface area (Å²) in [5, 5.41) is 12.6. The molecule has 0 radical (unpaired) electrons. The van der Waals surface area contributed by atoms with Crippen LogP contribution in [0.1, 0.15) is 70.8 Å². The van der Waals surface area contributed by atoms with Gasteiger partial charge >= 0.3 is 0 Å². The van der Waals surface area contributed by atoms with Gasteiger partial charge in [-0.3, -0.25) is 4.79 Å². The third kappa shape index (κ3) is 5.04. The second-order valence-electron chi connectivity index (χ2n) is 7.19. The van der Waals surface area contributed by atoms with Gasteiger partial charge in [-0.2, -0.15) is 0 Å². The quantitative estimate of drug-likeness (QED) is 0.823. The Hall–Kier alpha value is -1.51. The lowest BCUT2D eigenvalue weighted by Crippen LogP contribution is -2.36. The van der Waals surface area contributed by atoms with E-state index in [-0.39, 0.29) is 11.3 Å². The summed E-state index contributed by atoms with van der Waals surface area (Å²) in [6.45, 7) is 4.39. The third-order valence-electron chi connectivity index (χ3n) is 4.82. The van der Waals surface area contributed by atoms with Gasteiger partial charge in [0.2, 0.25) is 5.91 Å². The molecule has 22 heavy (non-hydrogen) atoms. The summed E-state index contributed by atoms with van der Waals surface area (Å²) in [5.74, 6) is 0.500. The zero-order valence-corrected chi connectivity index (χ0v) is 13.9. The number of hydrogen-bond donors (Lipinski definition) is 2. The standard InChI is InChI=1S/C19H29NO2/c1-19(2,15-10-12-17(21)13-11-15)14-6-9-18(22)20-16-7-4-3-5-8-16/h10-13,16,21H,3-9,14H2,1-2H3,(H,20,22). The first-order chi connectivity index (χ1) is 10.5. The van der Waals surface area contributed by atoms with Crippen LogP contribution >= 0.6 is 0 Å². The molecule has 0 aromatic heterocycles. The fourth-order valence-corrected chi connectivity index (χ4v) is 3.29. The SMILES string of the molecule is CC(C)(CCCC(=O)NC1CCCCC1)c1ccc(O)cc1. The average Bonchev–Trinajstić information content (AvgIpc) is 2.48. The summed E-state index contributed by atoms with van der Waals surface area (Å²) in [4.78, 5) is 12.0. The van der Waals surface area contributed by atoms with Gasteiger partial charge in [0.05, 0.1) is 0 Å². The minimum absolute atomic E-state index is 0.0266. The predicted octanol–water partition coefficient (Wildman–Crippen LogP) is 4.29. The highest BCUT2D eigenvalue weighted by molar-refractivity contribution is 5.76. The Morgan fingerprint density at radius 1 is 1.18 bits per heavy atom. The van der Waals surface area contributed by atoms with Crippen LogP contribution in [0.4, 0.5) is 0 Å². The van der Waals surface area contributed by atoms with E-state index in [2.05, 4.69) is 19.2 Å². The summed E-state index contributed by atoms with van der Waals surface area (Å²) in [5.41, 5.74) is 1.23. The Kier molecular flexibility index (Phi) is 5.87. The van der Waals surface area contributed by atoms with Crippen molar-refractivity contribution in [3.63, 3.8) is 0 Å². The van der Waals surface area contributed by atoms with E-state index in [0.29, 0.717) is 18.2 Å². The Balaban J connectivity index is 1.74. The highest BCUT2D eigenvalue weighted by Crippen LogP contribution is 2.30. The first-order valence-electron chi connectivity index (χ1n) is 8.56. The lowest BCUT2D eigenvalue weighted by molar-refractivity contribution is -0.122. The molecule has 1 aliphatic carbocycles. The molecule has 1 aromatic rings. The molecule has 0 unspecified atom stereocenters. The summed E-state index contributed by atoms with van der Waals surface area (Å²) in [7, 11) is 0. The van der Waals surface area contributed by atoms with Gasteiger partial charge < -0.3 is 10.4 Å². The molecule has 0 heterocycles. The minimum atomic E-state index is 0.0266.